The number of aryl methyl sites for hydroxylation is 7. The standard InChI is InChI=1S/2C26H20.2C22H20.3C16H16/c1-19-11-10-18-24-25(19)22-16-8-9-17-23(22)26(24,20-12-4-2-5-13-20)21-14-6-3-7-15-21;1-19-16-17-23-22-14-8-9-15-24(22)26(25(23)18-19,20-10-4-2-5-11-20)21-12-6-3-7-13-21;1-15-8-10-16(11-9-15)17-12-13-19-18-6-4-5-7-20(18)22(2,3)21(19)14-17;1-15-9-11-18-19-12-10-17(16-7-5-4-6-8-16)14-21(19)22(2,3)20(18)13-15;1-11-7-6-9-13-12-8-4-5-10-14(12)16(2,3)15(11)13;1-11-7-6-10-14-15(11)12-8-4-5-9-13(12)16(14,2)3;1-11-8-9-15-13(10-11)12-6-4-5-7-14(12)16(15,2)3/h2*2-18H,1H3;2*4-14H,1-3H3;3*4-10H,1-3H3. The quantitative estimate of drug-likeness (QED) is 0.156. The van der Waals surface area contributed by atoms with Crippen LogP contribution in [-0.4, -0.2) is 0 Å². The molecule has 0 nitrogen and oxygen atoms in total. The Kier molecular flexibility index (Phi) is 24.8. The van der Waals surface area contributed by atoms with E-state index in [1.807, 2.05) is 0 Å². The van der Waals surface area contributed by atoms with Gasteiger partial charge in [-0.25, -0.2) is 0 Å². The molecule has 0 amide bonds. The summed E-state index contributed by atoms with van der Waals surface area (Å²) in [5.41, 5.74) is 59.5. The van der Waals surface area contributed by atoms with Gasteiger partial charge >= 0.3 is 0 Å². The predicted octanol–water partition coefficient (Wildman–Crippen LogP) is 37.6. The molecule has 7 aliphatic carbocycles. The molecular weight excluding hydrogens is 1730 g/mol. The van der Waals surface area contributed by atoms with Crippen LogP contribution < -0.4 is 0 Å². The van der Waals surface area contributed by atoms with Crippen LogP contribution >= 0.6 is 0 Å². The number of benzene rings is 20. The maximum Gasteiger partial charge on any atom is 0.0713 e. The zero-order chi connectivity index (χ0) is 99.8. The van der Waals surface area contributed by atoms with Crippen LogP contribution in [0.2, 0.25) is 0 Å². The molecular formula is C144H128. The molecule has 144 heavy (non-hydrogen) atoms. The first-order valence-electron chi connectivity index (χ1n) is 51.5. The molecule has 20 aromatic carbocycles. The Morgan fingerprint density at radius 1 is 0.132 bits per heavy atom. The van der Waals surface area contributed by atoms with Crippen molar-refractivity contribution in [3.8, 4) is 100 Å². The molecule has 0 N–H and O–H groups in total. The van der Waals surface area contributed by atoms with Crippen molar-refractivity contribution in [2.45, 2.75) is 156 Å². The van der Waals surface area contributed by atoms with Gasteiger partial charge in [0.2, 0.25) is 0 Å². The number of hydrogen-bond donors (Lipinski definition) is 0. The maximum absolute atomic E-state index is 2.38. The van der Waals surface area contributed by atoms with Gasteiger partial charge < -0.3 is 0 Å². The van der Waals surface area contributed by atoms with Gasteiger partial charge in [0.25, 0.3) is 0 Å². The fourth-order valence-corrected chi connectivity index (χ4v) is 25.4. The number of rotatable bonds is 6. The van der Waals surface area contributed by atoms with Gasteiger partial charge in [-0.3, -0.25) is 0 Å². The van der Waals surface area contributed by atoms with Gasteiger partial charge in [0.1, 0.15) is 0 Å². The zero-order valence-corrected chi connectivity index (χ0v) is 86.5. The summed E-state index contributed by atoms with van der Waals surface area (Å²) in [5, 5.41) is 0. The van der Waals surface area contributed by atoms with Crippen molar-refractivity contribution in [2.24, 2.45) is 0 Å². The molecule has 0 saturated heterocycles. The Labute approximate surface area is 855 Å². The fourth-order valence-electron chi connectivity index (χ4n) is 25.4. The van der Waals surface area contributed by atoms with E-state index in [2.05, 4.69) is 585 Å². The second-order valence-corrected chi connectivity index (χ2v) is 43.3. The highest BCUT2D eigenvalue weighted by Gasteiger charge is 2.49. The highest BCUT2D eigenvalue weighted by atomic mass is 14.5. The third-order valence-electron chi connectivity index (χ3n) is 32.6. The first-order chi connectivity index (χ1) is 69.6. The molecule has 0 aliphatic heterocycles. The molecule has 20 aromatic rings. The summed E-state index contributed by atoms with van der Waals surface area (Å²) in [5.74, 6) is 0. The second-order valence-electron chi connectivity index (χ2n) is 43.3. The monoisotopic (exact) mass is 1860 g/mol. The fraction of sp³-hybridized carbons (Fsp3) is 0.167. The van der Waals surface area contributed by atoms with Gasteiger partial charge in [-0.1, -0.05) is 546 Å². The van der Waals surface area contributed by atoms with Crippen LogP contribution in [0.1, 0.15) is 208 Å². The van der Waals surface area contributed by atoms with E-state index in [4.69, 9.17) is 0 Å². The Morgan fingerprint density at radius 2 is 0.389 bits per heavy atom. The molecule has 27 rings (SSSR count). The molecule has 0 atom stereocenters. The molecule has 0 heterocycles. The van der Waals surface area contributed by atoms with Crippen molar-refractivity contribution in [1.29, 1.82) is 0 Å². The lowest BCUT2D eigenvalue weighted by molar-refractivity contribution is 0.655. The minimum Gasteiger partial charge on any atom is -0.0622 e. The van der Waals surface area contributed by atoms with Gasteiger partial charge in [-0.05, 0) is 278 Å². The third kappa shape index (κ3) is 16.1. The highest BCUT2D eigenvalue weighted by Crippen LogP contribution is 2.61. The summed E-state index contributed by atoms with van der Waals surface area (Å²) >= 11 is 0. The molecule has 0 unspecified atom stereocenters. The van der Waals surface area contributed by atoms with E-state index in [1.54, 1.807) is 0 Å². The van der Waals surface area contributed by atoms with Gasteiger partial charge in [0, 0.05) is 27.1 Å². The lowest BCUT2D eigenvalue weighted by atomic mass is 9.67. The van der Waals surface area contributed by atoms with Crippen LogP contribution in [-0.2, 0) is 37.9 Å². The van der Waals surface area contributed by atoms with E-state index in [0.29, 0.717) is 0 Å². The van der Waals surface area contributed by atoms with Crippen LogP contribution in [0.15, 0.2) is 467 Å². The molecule has 7 aliphatic rings. The Morgan fingerprint density at radius 3 is 0.875 bits per heavy atom. The number of hydrogen-bond acceptors (Lipinski definition) is 0. The molecule has 0 fully saturated rings. The van der Waals surface area contributed by atoms with E-state index in [1.165, 1.54) is 239 Å². The van der Waals surface area contributed by atoms with E-state index < -0.39 is 0 Å². The summed E-state index contributed by atoms with van der Waals surface area (Å²) in [6.07, 6.45) is 0. The average molecular weight is 1860 g/mol. The van der Waals surface area contributed by atoms with Gasteiger partial charge in [0.05, 0.1) is 10.8 Å². The lowest BCUT2D eigenvalue weighted by Gasteiger charge is -2.34. The van der Waals surface area contributed by atoms with Crippen molar-refractivity contribution < 1.29 is 0 Å². The van der Waals surface area contributed by atoms with Gasteiger partial charge in [-0.2, -0.15) is 0 Å². The van der Waals surface area contributed by atoms with Crippen molar-refractivity contribution in [1.82, 2.24) is 0 Å². The van der Waals surface area contributed by atoms with Crippen molar-refractivity contribution in [3.63, 3.8) is 0 Å². The minimum atomic E-state index is -0.263. The molecule has 0 heteroatoms. The lowest BCUT2D eigenvalue weighted by Crippen LogP contribution is -2.28. The summed E-state index contributed by atoms with van der Waals surface area (Å²) in [6.45, 7) is 38.5. The van der Waals surface area contributed by atoms with E-state index >= 15 is 0 Å². The van der Waals surface area contributed by atoms with Crippen molar-refractivity contribution >= 4 is 0 Å². The first kappa shape index (κ1) is 94.6. The van der Waals surface area contributed by atoms with Crippen LogP contribution in [0.3, 0.4) is 0 Å². The maximum atomic E-state index is 2.38. The summed E-state index contributed by atoms with van der Waals surface area (Å²) in [7, 11) is 0. The molecule has 0 saturated carbocycles. The summed E-state index contributed by atoms with van der Waals surface area (Å²) in [6, 6.07) is 170. The highest BCUT2D eigenvalue weighted by molar-refractivity contribution is 5.92. The predicted molar refractivity (Wildman–Crippen MR) is 612 cm³/mol. The number of fused-ring (bicyclic) bond motifs is 21. The summed E-state index contributed by atoms with van der Waals surface area (Å²) in [4.78, 5) is 0. The van der Waals surface area contributed by atoms with Gasteiger partial charge in [0.15, 0.2) is 0 Å². The molecule has 0 aromatic heterocycles. The Bertz CT molecular complexity index is 8070. The van der Waals surface area contributed by atoms with Crippen molar-refractivity contribution in [2.75, 3.05) is 0 Å². The molecule has 0 bridgehead atoms. The molecule has 704 valence electrons. The van der Waals surface area contributed by atoms with Crippen LogP contribution in [0.5, 0.6) is 0 Å². The largest absolute Gasteiger partial charge is 0.0713 e. The third-order valence-corrected chi connectivity index (χ3v) is 32.6. The Balaban J connectivity index is 0.0000000999. The van der Waals surface area contributed by atoms with Crippen LogP contribution in [0.25, 0.3) is 100 Å². The SMILES string of the molecule is Cc1ccc(-c2ccc3c(c2)C(C)(C)c2ccccc2-3)cc1.Cc1ccc2c(c1)-c1ccccc1C2(C)C.Cc1ccc2c(c1)C(C)(C)c1cc(-c3ccccc3)ccc1-2.Cc1ccc2c(c1)C(c1ccccc1)(c1ccccc1)c1ccccc1-2.Cc1cccc2c1-c1ccccc1C2(C)C.Cc1cccc2c1-c1ccccc1C2(c1ccccc1)c1ccccc1.Cc1cccc2c1C(C)(C)c1ccccc1-2. The van der Waals surface area contributed by atoms with Crippen molar-refractivity contribution in [3.05, 3.63) is 606 Å². The van der Waals surface area contributed by atoms with E-state index in [0.717, 1.165) is 0 Å². The minimum absolute atomic E-state index is 0.0709. The summed E-state index contributed by atoms with van der Waals surface area (Å²) < 4.78 is 0. The zero-order valence-electron chi connectivity index (χ0n) is 86.5. The van der Waals surface area contributed by atoms with E-state index in [9.17, 15) is 0 Å². The second kappa shape index (κ2) is 37.7. The first-order valence-corrected chi connectivity index (χ1v) is 51.5. The normalized spacial score (nSPS) is 14.7. The van der Waals surface area contributed by atoms with Crippen LogP contribution in [0, 0.1) is 48.5 Å². The Hall–Kier alpha value is -15.6. The average Bonchev–Trinajstić information content (AvgIpc) is 1.54. The molecule has 0 spiro atoms. The smallest absolute Gasteiger partial charge is 0.0622 e. The van der Waals surface area contributed by atoms with Crippen LogP contribution in [0.4, 0.5) is 0 Å². The van der Waals surface area contributed by atoms with E-state index in [-0.39, 0.29) is 37.9 Å². The molecule has 0 radical (unpaired) electrons. The topological polar surface area (TPSA) is 0 Å². The van der Waals surface area contributed by atoms with Gasteiger partial charge in [-0.15, -0.1) is 0 Å².